The molecule has 0 unspecified atom stereocenters. The van der Waals surface area contributed by atoms with Crippen LogP contribution in [0.15, 0.2) is 48.7 Å². The standard InChI is InChI=1S/C19H17ClN4O2/c1-12-14(20)3-2-4-15(12)23-18-7-8-21-19(24-18)22-13-5-6-16-17(11-13)26-10-9-25-16/h2-8,11H,9-10H2,1H3,(H2,21,22,23,24). The second-order valence-electron chi connectivity index (χ2n) is 5.79. The lowest BCUT2D eigenvalue weighted by atomic mass is 10.2. The number of rotatable bonds is 4. The lowest BCUT2D eigenvalue weighted by Gasteiger charge is -2.19. The molecule has 1 aliphatic heterocycles. The molecule has 1 aliphatic rings. The number of hydrogen-bond acceptors (Lipinski definition) is 6. The molecule has 0 radical (unpaired) electrons. The Hall–Kier alpha value is -2.99. The molecule has 132 valence electrons. The van der Waals surface area contributed by atoms with Crippen molar-refractivity contribution in [2.45, 2.75) is 6.92 Å². The van der Waals surface area contributed by atoms with E-state index < -0.39 is 0 Å². The van der Waals surface area contributed by atoms with Crippen LogP contribution in [0.2, 0.25) is 5.02 Å². The monoisotopic (exact) mass is 368 g/mol. The van der Waals surface area contributed by atoms with Crippen molar-refractivity contribution >= 4 is 34.7 Å². The van der Waals surface area contributed by atoms with Crippen molar-refractivity contribution < 1.29 is 9.47 Å². The Morgan fingerprint density at radius 3 is 2.73 bits per heavy atom. The minimum absolute atomic E-state index is 0.478. The van der Waals surface area contributed by atoms with Crippen LogP contribution in [0.25, 0.3) is 0 Å². The summed E-state index contributed by atoms with van der Waals surface area (Å²) < 4.78 is 11.1. The third kappa shape index (κ3) is 3.50. The fourth-order valence-corrected chi connectivity index (χ4v) is 2.79. The number of aromatic nitrogens is 2. The molecule has 0 fully saturated rings. The van der Waals surface area contributed by atoms with E-state index in [1.54, 1.807) is 12.3 Å². The summed E-state index contributed by atoms with van der Waals surface area (Å²) in [6.07, 6.45) is 1.69. The first-order chi connectivity index (χ1) is 12.7. The topological polar surface area (TPSA) is 68.3 Å². The average Bonchev–Trinajstić information content (AvgIpc) is 2.66. The molecule has 2 aromatic carbocycles. The number of fused-ring (bicyclic) bond motifs is 1. The van der Waals surface area contributed by atoms with E-state index in [1.165, 1.54) is 0 Å². The molecule has 0 aliphatic carbocycles. The van der Waals surface area contributed by atoms with Gasteiger partial charge >= 0.3 is 0 Å². The van der Waals surface area contributed by atoms with Crippen molar-refractivity contribution in [1.29, 1.82) is 0 Å². The molecule has 26 heavy (non-hydrogen) atoms. The highest BCUT2D eigenvalue weighted by Gasteiger charge is 2.12. The molecule has 0 saturated carbocycles. The molecule has 2 N–H and O–H groups in total. The van der Waals surface area contributed by atoms with Gasteiger partial charge in [0.1, 0.15) is 19.0 Å². The van der Waals surface area contributed by atoms with Gasteiger partial charge < -0.3 is 20.1 Å². The van der Waals surface area contributed by atoms with Gasteiger partial charge in [0.15, 0.2) is 11.5 Å². The first kappa shape index (κ1) is 16.5. The number of nitrogens with one attached hydrogen (secondary N) is 2. The Kier molecular flexibility index (Phi) is 4.50. The first-order valence-corrected chi connectivity index (χ1v) is 8.59. The molecule has 0 atom stereocenters. The molecule has 4 rings (SSSR count). The number of nitrogens with zero attached hydrogens (tertiary/aromatic N) is 2. The van der Waals surface area contributed by atoms with Crippen molar-refractivity contribution in [3.05, 3.63) is 59.2 Å². The van der Waals surface area contributed by atoms with Crippen LogP contribution in [0.5, 0.6) is 11.5 Å². The molecule has 7 heteroatoms. The van der Waals surface area contributed by atoms with Crippen molar-refractivity contribution in [3.8, 4) is 11.5 Å². The molecule has 0 bridgehead atoms. The summed E-state index contributed by atoms with van der Waals surface area (Å²) in [7, 11) is 0. The van der Waals surface area contributed by atoms with Gasteiger partial charge in [0.25, 0.3) is 0 Å². The number of benzene rings is 2. The summed E-state index contributed by atoms with van der Waals surface area (Å²) in [4.78, 5) is 8.77. The maximum Gasteiger partial charge on any atom is 0.229 e. The maximum absolute atomic E-state index is 6.17. The maximum atomic E-state index is 6.17. The Bertz CT molecular complexity index is 949. The van der Waals surface area contributed by atoms with Crippen LogP contribution in [-0.4, -0.2) is 23.2 Å². The van der Waals surface area contributed by atoms with Gasteiger partial charge in [-0.1, -0.05) is 17.7 Å². The zero-order valence-corrected chi connectivity index (χ0v) is 14.9. The first-order valence-electron chi connectivity index (χ1n) is 8.21. The van der Waals surface area contributed by atoms with Gasteiger partial charge in [-0.15, -0.1) is 0 Å². The van der Waals surface area contributed by atoms with Crippen molar-refractivity contribution in [2.75, 3.05) is 23.8 Å². The zero-order chi connectivity index (χ0) is 17.9. The molecular weight excluding hydrogens is 352 g/mol. The summed E-state index contributed by atoms with van der Waals surface area (Å²) in [5.74, 6) is 2.61. The van der Waals surface area contributed by atoms with E-state index in [2.05, 4.69) is 20.6 Å². The lowest BCUT2D eigenvalue weighted by molar-refractivity contribution is 0.171. The number of ether oxygens (including phenoxy) is 2. The summed E-state index contributed by atoms with van der Waals surface area (Å²) >= 11 is 6.17. The number of halogens is 1. The van der Waals surface area contributed by atoms with Crippen LogP contribution in [0, 0.1) is 6.92 Å². The van der Waals surface area contributed by atoms with E-state index >= 15 is 0 Å². The Balaban J connectivity index is 1.53. The van der Waals surface area contributed by atoms with E-state index in [0.29, 0.717) is 35.8 Å². The second-order valence-corrected chi connectivity index (χ2v) is 6.19. The zero-order valence-electron chi connectivity index (χ0n) is 14.1. The van der Waals surface area contributed by atoms with Gasteiger partial charge in [-0.05, 0) is 42.8 Å². The SMILES string of the molecule is Cc1c(Cl)cccc1Nc1ccnc(Nc2ccc3c(c2)OCCO3)n1. The van der Waals surface area contributed by atoms with E-state index in [0.717, 1.165) is 22.7 Å². The van der Waals surface area contributed by atoms with Crippen LogP contribution in [-0.2, 0) is 0 Å². The fraction of sp³-hybridized carbons (Fsp3) is 0.158. The third-order valence-corrected chi connectivity index (χ3v) is 4.39. The van der Waals surface area contributed by atoms with Gasteiger partial charge in [-0.25, -0.2) is 4.98 Å². The third-order valence-electron chi connectivity index (χ3n) is 3.98. The highest BCUT2D eigenvalue weighted by atomic mass is 35.5. The van der Waals surface area contributed by atoms with Gasteiger partial charge in [0.2, 0.25) is 5.95 Å². The van der Waals surface area contributed by atoms with Crippen molar-refractivity contribution in [1.82, 2.24) is 9.97 Å². The normalized spacial score (nSPS) is 12.5. The second kappa shape index (κ2) is 7.09. The Morgan fingerprint density at radius 1 is 1.00 bits per heavy atom. The summed E-state index contributed by atoms with van der Waals surface area (Å²) in [5.41, 5.74) is 2.70. The Labute approximate surface area is 156 Å². The van der Waals surface area contributed by atoms with E-state index in [9.17, 15) is 0 Å². The van der Waals surface area contributed by atoms with Crippen LogP contribution >= 0.6 is 11.6 Å². The van der Waals surface area contributed by atoms with Gasteiger partial charge in [0.05, 0.1) is 0 Å². The minimum Gasteiger partial charge on any atom is -0.486 e. The predicted octanol–water partition coefficient (Wildman–Crippen LogP) is 4.70. The largest absolute Gasteiger partial charge is 0.486 e. The predicted molar refractivity (Wildman–Crippen MR) is 102 cm³/mol. The fourth-order valence-electron chi connectivity index (χ4n) is 2.62. The highest BCUT2D eigenvalue weighted by Crippen LogP contribution is 2.33. The smallest absolute Gasteiger partial charge is 0.229 e. The van der Waals surface area contributed by atoms with E-state index in [-0.39, 0.29) is 0 Å². The minimum atomic E-state index is 0.478. The van der Waals surface area contributed by atoms with Crippen LogP contribution in [0.4, 0.5) is 23.1 Å². The Morgan fingerprint density at radius 2 is 1.85 bits per heavy atom. The molecule has 1 aromatic heterocycles. The van der Waals surface area contributed by atoms with Crippen molar-refractivity contribution in [2.24, 2.45) is 0 Å². The molecule has 0 amide bonds. The summed E-state index contributed by atoms with van der Waals surface area (Å²) in [6, 6.07) is 13.2. The molecule has 0 saturated heterocycles. The molecule has 0 spiro atoms. The van der Waals surface area contributed by atoms with Gasteiger partial charge in [-0.3, -0.25) is 0 Å². The quantitative estimate of drug-likeness (QED) is 0.695. The van der Waals surface area contributed by atoms with Gasteiger partial charge in [-0.2, -0.15) is 4.98 Å². The molecular formula is C19H17ClN4O2. The summed E-state index contributed by atoms with van der Waals surface area (Å²) in [5, 5.41) is 7.16. The van der Waals surface area contributed by atoms with Gasteiger partial charge in [0, 0.05) is 28.7 Å². The van der Waals surface area contributed by atoms with Crippen molar-refractivity contribution in [3.63, 3.8) is 0 Å². The van der Waals surface area contributed by atoms with E-state index in [1.807, 2.05) is 43.3 Å². The van der Waals surface area contributed by atoms with Crippen LogP contribution in [0.1, 0.15) is 5.56 Å². The molecule has 2 heterocycles. The summed E-state index contributed by atoms with van der Waals surface area (Å²) in [6.45, 7) is 3.07. The molecule has 6 nitrogen and oxygen atoms in total. The van der Waals surface area contributed by atoms with Crippen LogP contribution < -0.4 is 20.1 Å². The highest BCUT2D eigenvalue weighted by molar-refractivity contribution is 6.31. The number of hydrogen-bond donors (Lipinski definition) is 2. The lowest BCUT2D eigenvalue weighted by Crippen LogP contribution is -2.15. The average molecular weight is 369 g/mol. The number of anilines is 4. The van der Waals surface area contributed by atoms with Crippen LogP contribution in [0.3, 0.4) is 0 Å². The van der Waals surface area contributed by atoms with E-state index in [4.69, 9.17) is 21.1 Å². The molecule has 3 aromatic rings.